The molecule has 0 aliphatic carbocycles. The lowest BCUT2D eigenvalue weighted by Gasteiger charge is -2.17. The molecule has 2 N–H and O–H groups in total. The highest BCUT2D eigenvalue weighted by Crippen LogP contribution is 2.18. The molecule has 0 heterocycles. The van der Waals surface area contributed by atoms with Gasteiger partial charge >= 0.3 is 5.97 Å². The highest BCUT2D eigenvalue weighted by molar-refractivity contribution is 9.10. The average molecular weight is 419 g/mol. The van der Waals surface area contributed by atoms with Gasteiger partial charge in [-0.05, 0) is 35.9 Å². The SMILES string of the molecule is COC(=O)[C@@H](Cc1ccccc1Br)NC(=O)c1ccc(NC(C)=O)cc1. The highest BCUT2D eigenvalue weighted by atomic mass is 79.9. The number of carbonyl (C=O) groups excluding carboxylic acids is 3. The first-order valence-electron chi connectivity index (χ1n) is 7.90. The number of amides is 2. The van der Waals surface area contributed by atoms with Crippen LogP contribution >= 0.6 is 15.9 Å². The molecule has 0 saturated carbocycles. The number of methoxy groups -OCH3 is 1. The van der Waals surface area contributed by atoms with E-state index in [2.05, 4.69) is 26.6 Å². The Morgan fingerprint density at radius 2 is 1.73 bits per heavy atom. The number of carbonyl (C=O) groups is 3. The van der Waals surface area contributed by atoms with Gasteiger partial charge in [0.25, 0.3) is 5.91 Å². The number of nitrogens with one attached hydrogen (secondary N) is 2. The van der Waals surface area contributed by atoms with Gasteiger partial charge in [-0.15, -0.1) is 0 Å². The van der Waals surface area contributed by atoms with Gasteiger partial charge in [0.2, 0.25) is 5.91 Å². The van der Waals surface area contributed by atoms with E-state index in [-0.39, 0.29) is 5.91 Å². The molecule has 2 aromatic rings. The normalized spacial score (nSPS) is 11.3. The summed E-state index contributed by atoms with van der Waals surface area (Å²) in [6, 6.07) is 13.0. The molecule has 0 spiro atoms. The molecule has 2 aromatic carbocycles. The van der Waals surface area contributed by atoms with E-state index in [9.17, 15) is 14.4 Å². The van der Waals surface area contributed by atoms with E-state index in [0.717, 1.165) is 10.0 Å². The second-order valence-corrected chi connectivity index (χ2v) is 6.46. The zero-order valence-corrected chi connectivity index (χ0v) is 16.0. The Balaban J connectivity index is 2.12. The van der Waals surface area contributed by atoms with Crippen molar-refractivity contribution in [3.8, 4) is 0 Å². The molecule has 2 amide bonds. The number of anilines is 1. The van der Waals surface area contributed by atoms with Gasteiger partial charge in [0.05, 0.1) is 7.11 Å². The molecular weight excluding hydrogens is 400 g/mol. The summed E-state index contributed by atoms with van der Waals surface area (Å²) < 4.78 is 5.66. The zero-order chi connectivity index (χ0) is 19.1. The van der Waals surface area contributed by atoms with E-state index >= 15 is 0 Å². The van der Waals surface area contributed by atoms with Crippen molar-refractivity contribution >= 4 is 39.4 Å². The summed E-state index contributed by atoms with van der Waals surface area (Å²) in [6.45, 7) is 1.41. The minimum absolute atomic E-state index is 0.193. The van der Waals surface area contributed by atoms with Gasteiger partial charge in [-0.3, -0.25) is 9.59 Å². The molecule has 0 saturated heterocycles. The minimum Gasteiger partial charge on any atom is -0.467 e. The second-order valence-electron chi connectivity index (χ2n) is 5.60. The summed E-state index contributed by atoms with van der Waals surface area (Å²) in [5.41, 5.74) is 1.84. The average Bonchev–Trinajstić information content (AvgIpc) is 2.62. The summed E-state index contributed by atoms with van der Waals surface area (Å²) >= 11 is 3.44. The van der Waals surface area contributed by atoms with Gasteiger partial charge in [-0.2, -0.15) is 0 Å². The van der Waals surface area contributed by atoms with Crippen LogP contribution in [-0.4, -0.2) is 30.9 Å². The van der Waals surface area contributed by atoms with E-state index < -0.39 is 17.9 Å². The number of halogens is 1. The van der Waals surface area contributed by atoms with Crippen LogP contribution in [0.25, 0.3) is 0 Å². The fourth-order valence-electron chi connectivity index (χ4n) is 2.37. The van der Waals surface area contributed by atoms with E-state index in [1.807, 2.05) is 24.3 Å². The molecule has 26 heavy (non-hydrogen) atoms. The number of hydrogen-bond acceptors (Lipinski definition) is 4. The lowest BCUT2D eigenvalue weighted by atomic mass is 10.1. The summed E-state index contributed by atoms with van der Waals surface area (Å²) in [7, 11) is 1.28. The molecule has 0 unspecified atom stereocenters. The fraction of sp³-hybridized carbons (Fsp3) is 0.211. The van der Waals surface area contributed by atoms with E-state index in [0.29, 0.717) is 17.7 Å². The first-order valence-corrected chi connectivity index (χ1v) is 8.69. The van der Waals surface area contributed by atoms with Crippen LogP contribution in [0.5, 0.6) is 0 Å². The summed E-state index contributed by atoms with van der Waals surface area (Å²) in [5.74, 6) is -1.12. The van der Waals surface area contributed by atoms with Crippen molar-refractivity contribution in [1.29, 1.82) is 0 Å². The number of benzene rings is 2. The predicted octanol–water partition coefficient (Wildman–Crippen LogP) is 2.92. The molecule has 2 rings (SSSR count). The molecule has 1 atom stereocenters. The lowest BCUT2D eigenvalue weighted by Crippen LogP contribution is -2.43. The Morgan fingerprint density at radius 1 is 1.08 bits per heavy atom. The van der Waals surface area contributed by atoms with E-state index in [1.165, 1.54) is 14.0 Å². The molecule has 136 valence electrons. The molecule has 0 fully saturated rings. The van der Waals surface area contributed by atoms with Crippen LogP contribution in [0.1, 0.15) is 22.8 Å². The van der Waals surface area contributed by atoms with Gasteiger partial charge < -0.3 is 15.4 Å². The zero-order valence-electron chi connectivity index (χ0n) is 14.4. The molecule has 0 aliphatic heterocycles. The molecule has 7 heteroatoms. The van der Waals surface area contributed by atoms with Crippen LogP contribution in [-0.2, 0) is 20.7 Å². The number of esters is 1. The molecular formula is C19H19BrN2O4. The maximum Gasteiger partial charge on any atom is 0.328 e. The van der Waals surface area contributed by atoms with Crippen molar-refractivity contribution in [1.82, 2.24) is 5.32 Å². The fourth-order valence-corrected chi connectivity index (χ4v) is 2.82. The molecule has 0 aromatic heterocycles. The second kappa shape index (κ2) is 9.15. The van der Waals surface area contributed by atoms with Crippen molar-refractivity contribution < 1.29 is 19.1 Å². The third-order valence-corrected chi connectivity index (χ3v) is 4.41. The van der Waals surface area contributed by atoms with E-state index in [1.54, 1.807) is 24.3 Å². The van der Waals surface area contributed by atoms with E-state index in [4.69, 9.17) is 4.74 Å². The highest BCUT2D eigenvalue weighted by Gasteiger charge is 2.23. The standard InChI is InChI=1S/C19H19BrN2O4/c1-12(23)21-15-9-7-13(8-10-15)18(24)22-17(19(25)26-2)11-14-5-3-4-6-16(14)20/h3-10,17H,11H2,1-2H3,(H,21,23)(H,22,24)/t17-/m1/s1. The van der Waals surface area contributed by atoms with Crippen molar-refractivity contribution in [3.05, 3.63) is 64.1 Å². The van der Waals surface area contributed by atoms with Crippen LogP contribution in [0.2, 0.25) is 0 Å². The Kier molecular flexibility index (Phi) is 6.91. The Morgan fingerprint density at radius 3 is 2.31 bits per heavy atom. The minimum atomic E-state index is -0.818. The third-order valence-electron chi connectivity index (χ3n) is 3.64. The third kappa shape index (κ3) is 5.42. The largest absolute Gasteiger partial charge is 0.467 e. The van der Waals surface area contributed by atoms with Crippen LogP contribution < -0.4 is 10.6 Å². The monoisotopic (exact) mass is 418 g/mol. The van der Waals surface area contributed by atoms with Crippen LogP contribution in [0, 0.1) is 0 Å². The quantitative estimate of drug-likeness (QED) is 0.706. The van der Waals surface area contributed by atoms with Crippen LogP contribution in [0.4, 0.5) is 5.69 Å². The number of ether oxygens (including phenoxy) is 1. The Labute approximate surface area is 160 Å². The van der Waals surface area contributed by atoms with Crippen molar-refractivity contribution in [2.24, 2.45) is 0 Å². The van der Waals surface area contributed by atoms with Gasteiger partial charge in [-0.1, -0.05) is 34.1 Å². The Hall–Kier alpha value is -2.67. The maximum atomic E-state index is 12.5. The Bertz CT molecular complexity index is 805. The van der Waals surface area contributed by atoms with Gasteiger partial charge in [0, 0.05) is 29.1 Å². The molecule has 0 bridgehead atoms. The van der Waals surface area contributed by atoms with Gasteiger partial charge in [0.15, 0.2) is 0 Å². The molecule has 0 radical (unpaired) electrons. The maximum absolute atomic E-state index is 12.5. The first kappa shape index (κ1) is 19.7. The van der Waals surface area contributed by atoms with Crippen molar-refractivity contribution in [2.45, 2.75) is 19.4 Å². The lowest BCUT2D eigenvalue weighted by molar-refractivity contribution is -0.142. The topological polar surface area (TPSA) is 84.5 Å². The number of rotatable bonds is 6. The van der Waals surface area contributed by atoms with Crippen LogP contribution in [0.3, 0.4) is 0 Å². The van der Waals surface area contributed by atoms with Crippen LogP contribution in [0.15, 0.2) is 53.0 Å². The summed E-state index contributed by atoms with van der Waals surface area (Å²) in [5, 5.41) is 5.33. The van der Waals surface area contributed by atoms with Crippen molar-refractivity contribution in [3.63, 3.8) is 0 Å². The summed E-state index contributed by atoms with van der Waals surface area (Å²) in [6.07, 6.45) is 0.295. The predicted molar refractivity (Wildman–Crippen MR) is 102 cm³/mol. The van der Waals surface area contributed by atoms with Gasteiger partial charge in [0.1, 0.15) is 6.04 Å². The summed E-state index contributed by atoms with van der Waals surface area (Å²) in [4.78, 5) is 35.6. The first-order chi connectivity index (χ1) is 12.4. The van der Waals surface area contributed by atoms with Crippen molar-refractivity contribution in [2.75, 3.05) is 12.4 Å². The van der Waals surface area contributed by atoms with Gasteiger partial charge in [-0.25, -0.2) is 4.79 Å². The molecule has 0 aliphatic rings. The smallest absolute Gasteiger partial charge is 0.328 e. The molecule has 6 nitrogen and oxygen atoms in total. The number of hydrogen-bond donors (Lipinski definition) is 2.